The quantitative estimate of drug-likeness (QED) is 0.791. The Hall–Kier alpha value is -1.38. The van der Waals surface area contributed by atoms with Crippen LogP contribution in [0.4, 0.5) is 0 Å². The van der Waals surface area contributed by atoms with Gasteiger partial charge in [-0.2, -0.15) is 5.26 Å². The summed E-state index contributed by atoms with van der Waals surface area (Å²) in [6, 6.07) is 6.38. The Morgan fingerprint density at radius 1 is 1.56 bits per heavy atom. The van der Waals surface area contributed by atoms with E-state index >= 15 is 0 Å². The maximum absolute atomic E-state index is 11.9. The molecule has 0 spiro atoms. The second-order valence-electron chi connectivity index (χ2n) is 4.33. The van der Waals surface area contributed by atoms with E-state index < -0.39 is 0 Å². The summed E-state index contributed by atoms with van der Waals surface area (Å²) in [6.07, 6.45) is 0.381. The van der Waals surface area contributed by atoms with Crippen molar-refractivity contribution in [1.82, 2.24) is 9.80 Å². The molecule has 0 aliphatic rings. The van der Waals surface area contributed by atoms with Gasteiger partial charge in [-0.25, -0.2) is 0 Å². The number of nitrogens with zero attached hydrogens (tertiary/aromatic N) is 3. The summed E-state index contributed by atoms with van der Waals surface area (Å²) in [5.41, 5.74) is 0. The molecule has 1 amide bonds. The summed E-state index contributed by atoms with van der Waals surface area (Å²) in [5, 5.41) is 10.5. The number of carbonyl (C=O) groups excluding carboxylic acids is 1. The van der Waals surface area contributed by atoms with Gasteiger partial charge in [-0.15, -0.1) is 11.3 Å². The molecule has 4 nitrogen and oxygen atoms in total. The van der Waals surface area contributed by atoms with Crippen LogP contribution in [0.5, 0.6) is 0 Å². The summed E-state index contributed by atoms with van der Waals surface area (Å²) in [5.74, 6) is 0.0520. The third-order valence-corrected chi connectivity index (χ3v) is 4.03. The largest absolute Gasteiger partial charge is 0.344 e. The van der Waals surface area contributed by atoms with Crippen molar-refractivity contribution in [2.75, 3.05) is 27.2 Å². The standard InChI is InChI=1S/C13H19N3OS/c1-11(12-6-4-9-18-12)16(3)10-13(17)15(2)8-5-7-14/h4,6,9,11H,5,8,10H2,1-3H3. The van der Waals surface area contributed by atoms with Crippen LogP contribution in [0, 0.1) is 11.3 Å². The average molecular weight is 265 g/mol. The highest BCUT2D eigenvalue weighted by Gasteiger charge is 2.17. The molecule has 0 aliphatic carbocycles. The molecule has 0 fully saturated rings. The molecular formula is C13H19N3OS. The zero-order valence-corrected chi connectivity index (χ0v) is 11.9. The molecule has 0 saturated carbocycles. The minimum Gasteiger partial charge on any atom is -0.344 e. The topological polar surface area (TPSA) is 47.3 Å². The Kier molecular flexibility index (Phi) is 5.83. The third kappa shape index (κ3) is 4.13. The highest BCUT2D eigenvalue weighted by molar-refractivity contribution is 7.10. The number of hydrogen-bond acceptors (Lipinski definition) is 4. The summed E-state index contributed by atoms with van der Waals surface area (Å²) in [6.45, 7) is 2.96. The van der Waals surface area contributed by atoms with E-state index in [9.17, 15) is 4.79 Å². The van der Waals surface area contributed by atoms with Gasteiger partial charge in [0.2, 0.25) is 5.91 Å². The van der Waals surface area contributed by atoms with Crippen LogP contribution in [0.2, 0.25) is 0 Å². The molecule has 5 heteroatoms. The minimum absolute atomic E-state index is 0.0520. The van der Waals surface area contributed by atoms with Gasteiger partial charge in [0.05, 0.1) is 19.0 Å². The van der Waals surface area contributed by atoms with E-state index in [1.165, 1.54) is 4.88 Å². The Morgan fingerprint density at radius 3 is 2.83 bits per heavy atom. The Balaban J connectivity index is 2.47. The number of likely N-dealkylation sites (N-methyl/N-ethyl adjacent to an activating group) is 2. The molecular weight excluding hydrogens is 246 g/mol. The SMILES string of the molecule is CC(c1cccs1)N(C)CC(=O)N(C)CCC#N. The van der Waals surface area contributed by atoms with Crippen LogP contribution in [0.25, 0.3) is 0 Å². The summed E-state index contributed by atoms with van der Waals surface area (Å²) >= 11 is 1.70. The first-order chi connectivity index (χ1) is 8.56. The van der Waals surface area contributed by atoms with Crippen molar-refractivity contribution < 1.29 is 4.79 Å². The van der Waals surface area contributed by atoms with Gasteiger partial charge in [0.25, 0.3) is 0 Å². The lowest BCUT2D eigenvalue weighted by atomic mass is 10.2. The van der Waals surface area contributed by atoms with E-state index in [1.54, 1.807) is 23.3 Å². The van der Waals surface area contributed by atoms with Crippen LogP contribution in [-0.2, 0) is 4.79 Å². The Bertz CT molecular complexity index is 410. The van der Waals surface area contributed by atoms with Crippen LogP contribution < -0.4 is 0 Å². The number of amides is 1. The maximum atomic E-state index is 11.9. The van der Waals surface area contributed by atoms with Gasteiger partial charge < -0.3 is 4.90 Å². The van der Waals surface area contributed by atoms with Crippen LogP contribution >= 0.6 is 11.3 Å². The van der Waals surface area contributed by atoms with Gasteiger partial charge in [-0.05, 0) is 25.4 Å². The van der Waals surface area contributed by atoms with Crippen LogP contribution in [-0.4, -0.2) is 42.9 Å². The predicted octanol–water partition coefficient (Wildman–Crippen LogP) is 2.11. The van der Waals surface area contributed by atoms with Gasteiger partial charge in [-0.3, -0.25) is 9.69 Å². The van der Waals surface area contributed by atoms with Crippen LogP contribution in [0.1, 0.15) is 24.3 Å². The first-order valence-corrected chi connectivity index (χ1v) is 6.78. The molecule has 0 N–H and O–H groups in total. The van der Waals surface area contributed by atoms with Crippen LogP contribution in [0.15, 0.2) is 17.5 Å². The van der Waals surface area contributed by atoms with Crippen molar-refractivity contribution in [2.24, 2.45) is 0 Å². The molecule has 0 aromatic carbocycles. The summed E-state index contributed by atoms with van der Waals surface area (Å²) < 4.78 is 0. The molecule has 98 valence electrons. The molecule has 0 saturated heterocycles. The molecule has 0 radical (unpaired) electrons. The number of carbonyl (C=O) groups is 1. The van der Waals surface area contributed by atoms with Crippen molar-refractivity contribution in [3.8, 4) is 6.07 Å². The second kappa shape index (κ2) is 7.14. The molecule has 1 aromatic rings. The van der Waals surface area contributed by atoms with Crippen LogP contribution in [0.3, 0.4) is 0 Å². The van der Waals surface area contributed by atoms with Crippen molar-refractivity contribution in [3.05, 3.63) is 22.4 Å². The van der Waals surface area contributed by atoms with Crippen molar-refractivity contribution in [3.63, 3.8) is 0 Å². The first kappa shape index (κ1) is 14.7. The lowest BCUT2D eigenvalue weighted by Gasteiger charge is -2.25. The van der Waals surface area contributed by atoms with E-state index in [2.05, 4.69) is 13.0 Å². The van der Waals surface area contributed by atoms with E-state index in [4.69, 9.17) is 5.26 Å². The molecule has 18 heavy (non-hydrogen) atoms. The summed E-state index contributed by atoms with van der Waals surface area (Å²) in [4.78, 5) is 16.8. The normalized spacial score (nSPS) is 12.2. The smallest absolute Gasteiger partial charge is 0.236 e. The van der Waals surface area contributed by atoms with Gasteiger partial charge in [0, 0.05) is 24.5 Å². The second-order valence-corrected chi connectivity index (χ2v) is 5.31. The van der Waals surface area contributed by atoms with Gasteiger partial charge in [0.15, 0.2) is 0 Å². The van der Waals surface area contributed by atoms with Crippen molar-refractivity contribution in [1.29, 1.82) is 5.26 Å². The van der Waals surface area contributed by atoms with Gasteiger partial charge >= 0.3 is 0 Å². The van der Waals surface area contributed by atoms with Gasteiger partial charge in [-0.1, -0.05) is 6.07 Å². The van der Waals surface area contributed by atoms with Crippen molar-refractivity contribution in [2.45, 2.75) is 19.4 Å². The molecule has 0 aliphatic heterocycles. The number of nitriles is 1. The maximum Gasteiger partial charge on any atom is 0.236 e. The van der Waals surface area contributed by atoms with E-state index in [1.807, 2.05) is 29.5 Å². The highest BCUT2D eigenvalue weighted by atomic mass is 32.1. The van der Waals surface area contributed by atoms with E-state index in [0.29, 0.717) is 19.5 Å². The lowest BCUT2D eigenvalue weighted by Crippen LogP contribution is -2.37. The minimum atomic E-state index is 0.0520. The monoisotopic (exact) mass is 265 g/mol. The zero-order valence-electron chi connectivity index (χ0n) is 11.1. The fraction of sp³-hybridized carbons (Fsp3) is 0.538. The molecule has 1 atom stereocenters. The molecule has 1 unspecified atom stereocenters. The number of rotatable bonds is 6. The number of hydrogen-bond donors (Lipinski definition) is 0. The molecule has 1 aromatic heterocycles. The third-order valence-electron chi connectivity index (χ3n) is 2.99. The predicted molar refractivity (Wildman–Crippen MR) is 73.2 cm³/mol. The zero-order chi connectivity index (χ0) is 13.5. The van der Waals surface area contributed by atoms with Crippen molar-refractivity contribution >= 4 is 17.2 Å². The van der Waals surface area contributed by atoms with E-state index in [-0.39, 0.29) is 11.9 Å². The fourth-order valence-corrected chi connectivity index (χ4v) is 2.41. The fourth-order valence-electron chi connectivity index (χ4n) is 1.56. The Labute approximate surface area is 112 Å². The molecule has 1 heterocycles. The van der Waals surface area contributed by atoms with E-state index in [0.717, 1.165) is 0 Å². The summed E-state index contributed by atoms with van der Waals surface area (Å²) in [7, 11) is 3.68. The number of thiophene rings is 1. The van der Waals surface area contributed by atoms with Gasteiger partial charge in [0.1, 0.15) is 0 Å². The lowest BCUT2D eigenvalue weighted by molar-refractivity contribution is -0.131. The molecule has 1 rings (SSSR count). The first-order valence-electron chi connectivity index (χ1n) is 5.90. The molecule has 0 bridgehead atoms. The average Bonchev–Trinajstić information content (AvgIpc) is 2.88. The Morgan fingerprint density at radius 2 is 2.28 bits per heavy atom. The highest BCUT2D eigenvalue weighted by Crippen LogP contribution is 2.22.